The Morgan fingerprint density at radius 2 is 2.19 bits per heavy atom. The summed E-state index contributed by atoms with van der Waals surface area (Å²) in [6.45, 7) is 2.39. The summed E-state index contributed by atoms with van der Waals surface area (Å²) >= 11 is 6.20. The molecule has 0 unspecified atom stereocenters. The summed E-state index contributed by atoms with van der Waals surface area (Å²) in [5.41, 5.74) is 2.04. The van der Waals surface area contributed by atoms with Gasteiger partial charge in [-0.1, -0.05) is 11.6 Å². The molecule has 1 amide bonds. The van der Waals surface area contributed by atoms with Gasteiger partial charge in [-0.15, -0.1) is 0 Å². The summed E-state index contributed by atoms with van der Waals surface area (Å²) in [7, 11) is 3.31. The highest BCUT2D eigenvalue weighted by atomic mass is 35.5. The lowest BCUT2D eigenvalue weighted by Crippen LogP contribution is -2.30. The van der Waals surface area contributed by atoms with E-state index in [1.54, 1.807) is 29.8 Å². The molecule has 0 aliphatic carbocycles. The van der Waals surface area contributed by atoms with E-state index in [2.05, 4.69) is 10.1 Å². The number of anilines is 1. The number of pyridine rings is 1. The number of hydrogen-bond acceptors (Lipinski definition) is 4. The highest BCUT2D eigenvalue weighted by molar-refractivity contribution is 6.34. The third-order valence-corrected chi connectivity index (χ3v) is 4.16. The maximum absolute atomic E-state index is 12.7. The molecule has 0 fully saturated rings. The van der Waals surface area contributed by atoms with Crippen molar-refractivity contribution >= 4 is 23.3 Å². The second-order valence-corrected chi connectivity index (χ2v) is 5.29. The molecular weight excluding hydrogens is 292 g/mol. The Bertz CT molecular complexity index is 726. The molecule has 3 rings (SSSR count). The number of rotatable bonds is 2. The Labute approximate surface area is 127 Å². The van der Waals surface area contributed by atoms with Gasteiger partial charge >= 0.3 is 0 Å². The van der Waals surface area contributed by atoms with Gasteiger partial charge in [0, 0.05) is 19.7 Å². The fourth-order valence-corrected chi connectivity index (χ4v) is 2.63. The van der Waals surface area contributed by atoms with Crippen LogP contribution in [0.3, 0.4) is 0 Å². The van der Waals surface area contributed by atoms with Gasteiger partial charge in [-0.3, -0.25) is 14.4 Å². The lowest BCUT2D eigenvalue weighted by molar-refractivity contribution is 0.0983. The summed E-state index contributed by atoms with van der Waals surface area (Å²) in [5, 5.41) is 4.59. The van der Waals surface area contributed by atoms with Crippen molar-refractivity contribution in [3.05, 3.63) is 34.1 Å². The van der Waals surface area contributed by atoms with Crippen molar-refractivity contribution in [3.8, 4) is 5.88 Å². The van der Waals surface area contributed by atoms with E-state index in [9.17, 15) is 4.79 Å². The molecule has 7 heteroatoms. The van der Waals surface area contributed by atoms with Crippen LogP contribution in [0, 0.1) is 6.92 Å². The standard InChI is InChI=1S/C14H15ClN4O2/c1-8-11(15)12(17-18(8)2)14(20)19-7-6-9-4-5-10(21-3)16-13(9)19/h4-5H,6-7H2,1-3H3. The van der Waals surface area contributed by atoms with Crippen LogP contribution in [0.4, 0.5) is 5.82 Å². The second-order valence-electron chi connectivity index (χ2n) is 4.91. The molecule has 0 spiro atoms. The average Bonchev–Trinajstić information content (AvgIpc) is 3.02. The molecule has 110 valence electrons. The second kappa shape index (κ2) is 5.04. The number of amides is 1. The van der Waals surface area contributed by atoms with E-state index in [1.807, 2.05) is 13.0 Å². The van der Waals surface area contributed by atoms with E-state index in [1.165, 1.54) is 0 Å². The molecule has 21 heavy (non-hydrogen) atoms. The van der Waals surface area contributed by atoms with Gasteiger partial charge < -0.3 is 4.74 Å². The molecule has 0 saturated carbocycles. The number of nitrogens with zero attached hydrogens (tertiary/aromatic N) is 4. The van der Waals surface area contributed by atoms with E-state index in [0.717, 1.165) is 17.7 Å². The minimum atomic E-state index is -0.233. The highest BCUT2D eigenvalue weighted by Gasteiger charge is 2.31. The van der Waals surface area contributed by atoms with Crippen LogP contribution in [0.15, 0.2) is 12.1 Å². The van der Waals surface area contributed by atoms with E-state index in [0.29, 0.717) is 23.3 Å². The zero-order valence-corrected chi connectivity index (χ0v) is 12.8. The molecule has 0 aromatic carbocycles. The number of fused-ring (bicyclic) bond motifs is 1. The van der Waals surface area contributed by atoms with Crippen LogP contribution in [0.1, 0.15) is 21.7 Å². The van der Waals surface area contributed by atoms with Crippen molar-refractivity contribution in [2.24, 2.45) is 7.05 Å². The molecule has 0 bridgehead atoms. The maximum Gasteiger partial charge on any atom is 0.281 e. The summed E-state index contributed by atoms with van der Waals surface area (Å²) in [4.78, 5) is 18.6. The molecule has 0 atom stereocenters. The number of halogens is 1. The molecule has 1 aliphatic rings. The first-order valence-corrected chi connectivity index (χ1v) is 6.95. The Morgan fingerprint density at radius 3 is 2.81 bits per heavy atom. The summed E-state index contributed by atoms with van der Waals surface area (Å²) < 4.78 is 6.73. The van der Waals surface area contributed by atoms with Crippen LogP contribution in [-0.4, -0.2) is 34.3 Å². The van der Waals surface area contributed by atoms with E-state index in [4.69, 9.17) is 16.3 Å². The van der Waals surface area contributed by atoms with Crippen molar-refractivity contribution in [2.75, 3.05) is 18.6 Å². The summed E-state index contributed by atoms with van der Waals surface area (Å²) in [5.74, 6) is 0.874. The van der Waals surface area contributed by atoms with E-state index >= 15 is 0 Å². The minimum Gasteiger partial charge on any atom is -0.481 e. The first-order valence-electron chi connectivity index (χ1n) is 6.57. The quantitative estimate of drug-likeness (QED) is 0.851. The number of hydrogen-bond donors (Lipinski definition) is 0. The van der Waals surface area contributed by atoms with Gasteiger partial charge in [-0.2, -0.15) is 10.1 Å². The largest absolute Gasteiger partial charge is 0.481 e. The zero-order chi connectivity index (χ0) is 15.1. The number of aromatic nitrogens is 3. The van der Waals surface area contributed by atoms with E-state index < -0.39 is 0 Å². The lowest BCUT2D eigenvalue weighted by Gasteiger charge is -2.15. The van der Waals surface area contributed by atoms with Gasteiger partial charge in [0.25, 0.3) is 5.91 Å². The molecular formula is C14H15ClN4O2. The molecule has 0 radical (unpaired) electrons. The highest BCUT2D eigenvalue weighted by Crippen LogP contribution is 2.30. The topological polar surface area (TPSA) is 60.2 Å². The summed E-state index contributed by atoms with van der Waals surface area (Å²) in [6, 6.07) is 3.73. The number of carbonyl (C=O) groups excluding carboxylic acids is 1. The van der Waals surface area contributed by atoms with Crippen molar-refractivity contribution in [1.82, 2.24) is 14.8 Å². The van der Waals surface area contributed by atoms with Gasteiger partial charge in [-0.25, -0.2) is 0 Å². The van der Waals surface area contributed by atoms with Crippen molar-refractivity contribution in [1.29, 1.82) is 0 Å². The number of carbonyl (C=O) groups is 1. The third kappa shape index (κ3) is 2.15. The molecule has 3 heterocycles. The molecule has 1 aliphatic heterocycles. The van der Waals surface area contributed by atoms with Crippen LogP contribution in [0.5, 0.6) is 5.88 Å². The van der Waals surface area contributed by atoms with Gasteiger partial charge in [0.05, 0.1) is 17.8 Å². The van der Waals surface area contributed by atoms with Crippen LogP contribution < -0.4 is 9.64 Å². The van der Waals surface area contributed by atoms with E-state index in [-0.39, 0.29) is 11.6 Å². The molecule has 6 nitrogen and oxygen atoms in total. The van der Waals surface area contributed by atoms with Crippen molar-refractivity contribution in [2.45, 2.75) is 13.3 Å². The van der Waals surface area contributed by atoms with Gasteiger partial charge in [0.2, 0.25) is 5.88 Å². The first-order chi connectivity index (χ1) is 10.0. The Morgan fingerprint density at radius 1 is 1.43 bits per heavy atom. The van der Waals surface area contributed by atoms with Crippen LogP contribution in [-0.2, 0) is 13.5 Å². The van der Waals surface area contributed by atoms with Crippen LogP contribution >= 0.6 is 11.6 Å². The number of methoxy groups -OCH3 is 1. The van der Waals surface area contributed by atoms with Gasteiger partial charge in [0.15, 0.2) is 5.69 Å². The Hall–Kier alpha value is -2.08. The minimum absolute atomic E-state index is 0.233. The maximum atomic E-state index is 12.7. The van der Waals surface area contributed by atoms with Crippen LogP contribution in [0.2, 0.25) is 5.02 Å². The Balaban J connectivity index is 2.00. The molecule has 2 aromatic rings. The fraction of sp³-hybridized carbons (Fsp3) is 0.357. The van der Waals surface area contributed by atoms with Crippen molar-refractivity contribution in [3.63, 3.8) is 0 Å². The molecule has 2 aromatic heterocycles. The van der Waals surface area contributed by atoms with Crippen LogP contribution in [0.25, 0.3) is 0 Å². The Kier molecular flexibility index (Phi) is 3.33. The monoisotopic (exact) mass is 306 g/mol. The predicted molar refractivity (Wildman–Crippen MR) is 79.1 cm³/mol. The van der Waals surface area contributed by atoms with Crippen molar-refractivity contribution < 1.29 is 9.53 Å². The first kappa shape index (κ1) is 13.9. The normalized spacial score (nSPS) is 13.4. The number of ether oxygens (including phenoxy) is 1. The predicted octanol–water partition coefficient (Wildman–Crippen LogP) is 1.99. The van der Waals surface area contributed by atoms with Gasteiger partial charge in [0.1, 0.15) is 5.82 Å². The zero-order valence-electron chi connectivity index (χ0n) is 12.1. The fourth-order valence-electron chi connectivity index (χ4n) is 2.39. The number of aryl methyl sites for hydroxylation is 1. The molecule has 0 N–H and O–H groups in total. The third-order valence-electron chi connectivity index (χ3n) is 3.71. The smallest absolute Gasteiger partial charge is 0.281 e. The average molecular weight is 307 g/mol. The lowest BCUT2D eigenvalue weighted by atomic mass is 10.2. The summed E-state index contributed by atoms with van der Waals surface area (Å²) in [6.07, 6.45) is 0.765. The van der Waals surface area contributed by atoms with Gasteiger partial charge in [-0.05, 0) is 25.0 Å². The molecule has 0 saturated heterocycles. The SMILES string of the molecule is COc1ccc2c(n1)N(C(=O)c1nn(C)c(C)c1Cl)CC2.